The van der Waals surface area contributed by atoms with Crippen LogP contribution >= 0.6 is 0 Å². The molecule has 19 heavy (non-hydrogen) atoms. The normalized spacial score (nSPS) is 11.5. The van der Waals surface area contributed by atoms with E-state index in [0.29, 0.717) is 5.52 Å². The molecule has 0 aliphatic rings. The minimum atomic E-state index is -1.08. The van der Waals surface area contributed by atoms with Crippen LogP contribution in [-0.2, 0) is 4.74 Å². The quantitative estimate of drug-likeness (QED) is 0.853. The molecule has 0 aliphatic heterocycles. The Morgan fingerprint density at radius 3 is 2.58 bits per heavy atom. The lowest BCUT2D eigenvalue weighted by Gasteiger charge is -2.19. The maximum absolute atomic E-state index is 12.0. The second kappa shape index (κ2) is 4.38. The van der Waals surface area contributed by atoms with Crippen LogP contribution in [0.1, 0.15) is 31.1 Å². The van der Waals surface area contributed by atoms with Gasteiger partial charge in [-0.3, -0.25) is 0 Å². The number of aromatic carboxylic acids is 1. The molecule has 1 aromatic heterocycles. The lowest BCUT2D eigenvalue weighted by Crippen LogP contribution is -2.26. The first kappa shape index (κ1) is 13.1. The molecule has 0 atom stereocenters. The van der Waals surface area contributed by atoms with Crippen molar-refractivity contribution in [2.75, 3.05) is 0 Å². The van der Waals surface area contributed by atoms with Gasteiger partial charge >= 0.3 is 12.1 Å². The van der Waals surface area contributed by atoms with E-state index in [0.717, 1.165) is 0 Å². The van der Waals surface area contributed by atoms with Gasteiger partial charge < -0.3 is 9.84 Å². The number of carboxylic acids is 1. The summed E-state index contributed by atoms with van der Waals surface area (Å²) in [5.41, 5.74) is 0.104. The van der Waals surface area contributed by atoms with Gasteiger partial charge in [-0.25, -0.2) is 19.1 Å². The molecular weight excluding hydrogens is 248 g/mol. The highest BCUT2D eigenvalue weighted by atomic mass is 16.6. The molecule has 1 aromatic carbocycles. The van der Waals surface area contributed by atoms with Gasteiger partial charge in [-0.05, 0) is 32.9 Å². The topological polar surface area (TPSA) is 81.4 Å². The summed E-state index contributed by atoms with van der Waals surface area (Å²) < 4.78 is 6.43. The van der Waals surface area contributed by atoms with Gasteiger partial charge in [0, 0.05) is 0 Å². The smallest absolute Gasteiger partial charge is 0.420 e. The molecule has 0 amide bonds. The number of hydrogen-bond acceptors (Lipinski definition) is 4. The number of ether oxygens (including phenoxy) is 1. The predicted octanol–water partition coefficient (Wildman–Crippen LogP) is 2.52. The molecule has 0 unspecified atom stereocenters. The van der Waals surface area contributed by atoms with Crippen molar-refractivity contribution in [3.63, 3.8) is 0 Å². The SMILES string of the molecule is CC(C)(C)OC(=O)n1cnc2c(C(=O)O)cccc21. The van der Waals surface area contributed by atoms with E-state index in [9.17, 15) is 9.59 Å². The highest BCUT2D eigenvalue weighted by Crippen LogP contribution is 2.19. The van der Waals surface area contributed by atoms with Crippen LogP contribution in [0.2, 0.25) is 0 Å². The van der Waals surface area contributed by atoms with E-state index < -0.39 is 17.7 Å². The number of para-hydroxylation sites is 1. The van der Waals surface area contributed by atoms with Crippen molar-refractivity contribution in [2.45, 2.75) is 26.4 Å². The monoisotopic (exact) mass is 262 g/mol. The largest absolute Gasteiger partial charge is 0.478 e. The average Bonchev–Trinajstić information content (AvgIpc) is 2.69. The van der Waals surface area contributed by atoms with E-state index in [1.807, 2.05) is 0 Å². The van der Waals surface area contributed by atoms with Gasteiger partial charge in [0.05, 0.1) is 11.1 Å². The number of carbonyl (C=O) groups excluding carboxylic acids is 1. The number of fused-ring (bicyclic) bond motifs is 1. The van der Waals surface area contributed by atoms with Gasteiger partial charge in [-0.15, -0.1) is 0 Å². The lowest BCUT2D eigenvalue weighted by molar-refractivity contribution is 0.0542. The Balaban J connectivity index is 2.50. The van der Waals surface area contributed by atoms with Gasteiger partial charge in [0.2, 0.25) is 0 Å². The van der Waals surface area contributed by atoms with E-state index in [-0.39, 0.29) is 11.1 Å². The molecule has 0 saturated heterocycles. The average molecular weight is 262 g/mol. The molecule has 100 valence electrons. The summed E-state index contributed by atoms with van der Waals surface area (Å²) in [4.78, 5) is 27.0. The van der Waals surface area contributed by atoms with Crippen LogP contribution in [0.5, 0.6) is 0 Å². The third-order valence-electron chi connectivity index (χ3n) is 2.40. The van der Waals surface area contributed by atoms with Crippen LogP contribution in [-0.4, -0.2) is 32.3 Å². The van der Waals surface area contributed by atoms with Crippen LogP contribution in [0.25, 0.3) is 11.0 Å². The lowest BCUT2D eigenvalue weighted by atomic mass is 10.2. The summed E-state index contributed by atoms with van der Waals surface area (Å²) in [5.74, 6) is -1.08. The van der Waals surface area contributed by atoms with E-state index in [1.165, 1.54) is 17.0 Å². The van der Waals surface area contributed by atoms with Crippen LogP contribution < -0.4 is 0 Å². The second-order valence-corrected chi connectivity index (χ2v) is 5.07. The molecule has 0 fully saturated rings. The first-order valence-electron chi connectivity index (χ1n) is 5.72. The molecule has 6 heteroatoms. The zero-order chi connectivity index (χ0) is 14.2. The first-order valence-corrected chi connectivity index (χ1v) is 5.72. The van der Waals surface area contributed by atoms with Gasteiger partial charge in [0.1, 0.15) is 17.4 Å². The highest BCUT2D eigenvalue weighted by molar-refractivity contribution is 6.02. The Kier molecular flexibility index (Phi) is 3.01. The highest BCUT2D eigenvalue weighted by Gasteiger charge is 2.21. The second-order valence-electron chi connectivity index (χ2n) is 5.07. The van der Waals surface area contributed by atoms with E-state index in [4.69, 9.17) is 9.84 Å². The van der Waals surface area contributed by atoms with Crippen LogP contribution in [0.4, 0.5) is 4.79 Å². The van der Waals surface area contributed by atoms with Gasteiger partial charge in [-0.1, -0.05) is 6.07 Å². The van der Waals surface area contributed by atoms with Crippen molar-refractivity contribution < 1.29 is 19.4 Å². The van der Waals surface area contributed by atoms with Crippen molar-refractivity contribution in [1.82, 2.24) is 9.55 Å². The number of carbonyl (C=O) groups is 2. The number of carboxylic acid groups (broad SMARTS) is 1. The summed E-state index contributed by atoms with van der Waals surface area (Å²) in [5, 5.41) is 9.05. The minimum Gasteiger partial charge on any atom is -0.478 e. The number of rotatable bonds is 1. The predicted molar refractivity (Wildman–Crippen MR) is 68.3 cm³/mol. The van der Waals surface area contributed by atoms with Crippen molar-refractivity contribution in [2.24, 2.45) is 0 Å². The summed E-state index contributed by atoms with van der Waals surface area (Å²) in [6, 6.07) is 4.63. The zero-order valence-electron chi connectivity index (χ0n) is 10.9. The summed E-state index contributed by atoms with van der Waals surface area (Å²) in [6.45, 7) is 5.27. The number of nitrogens with zero attached hydrogens (tertiary/aromatic N) is 2. The Labute approximate surface area is 109 Å². The molecule has 0 spiro atoms. The van der Waals surface area contributed by atoms with E-state index >= 15 is 0 Å². The van der Waals surface area contributed by atoms with Gasteiger partial charge in [0.15, 0.2) is 0 Å². The van der Waals surface area contributed by atoms with Gasteiger partial charge in [-0.2, -0.15) is 0 Å². The van der Waals surface area contributed by atoms with Crippen LogP contribution in [0.15, 0.2) is 24.5 Å². The molecule has 1 N–H and O–H groups in total. The van der Waals surface area contributed by atoms with Crippen LogP contribution in [0, 0.1) is 0 Å². The van der Waals surface area contributed by atoms with Gasteiger partial charge in [0.25, 0.3) is 0 Å². The van der Waals surface area contributed by atoms with Crippen molar-refractivity contribution >= 4 is 23.1 Å². The fourth-order valence-corrected chi connectivity index (χ4v) is 1.67. The summed E-state index contributed by atoms with van der Waals surface area (Å²) >= 11 is 0. The third kappa shape index (κ3) is 2.57. The maximum Gasteiger partial charge on any atom is 0.420 e. The summed E-state index contributed by atoms with van der Waals surface area (Å²) in [7, 11) is 0. The number of benzene rings is 1. The van der Waals surface area contributed by atoms with E-state index in [2.05, 4.69) is 4.98 Å². The standard InChI is InChI=1S/C13H14N2O4/c1-13(2,3)19-12(18)15-7-14-10-8(11(16)17)5-4-6-9(10)15/h4-7H,1-3H3,(H,16,17). The number of imidazole rings is 1. The minimum absolute atomic E-state index is 0.0554. The Morgan fingerprint density at radius 1 is 1.32 bits per heavy atom. The van der Waals surface area contributed by atoms with Crippen LogP contribution in [0.3, 0.4) is 0 Å². The Hall–Kier alpha value is -2.37. The zero-order valence-corrected chi connectivity index (χ0v) is 10.9. The molecule has 1 heterocycles. The van der Waals surface area contributed by atoms with Crippen molar-refractivity contribution in [3.05, 3.63) is 30.1 Å². The molecule has 0 saturated carbocycles. The molecule has 6 nitrogen and oxygen atoms in total. The molecule has 0 radical (unpaired) electrons. The Morgan fingerprint density at radius 2 is 2.00 bits per heavy atom. The molecule has 0 aliphatic carbocycles. The Bertz CT molecular complexity index is 652. The first-order chi connectivity index (χ1) is 8.79. The third-order valence-corrected chi connectivity index (χ3v) is 2.40. The number of hydrogen-bond donors (Lipinski definition) is 1. The summed E-state index contributed by atoms with van der Waals surface area (Å²) in [6.07, 6.45) is 0.683. The number of aromatic nitrogens is 2. The fourth-order valence-electron chi connectivity index (χ4n) is 1.67. The molecule has 2 rings (SSSR count). The fraction of sp³-hybridized carbons (Fsp3) is 0.308. The van der Waals surface area contributed by atoms with E-state index in [1.54, 1.807) is 32.9 Å². The van der Waals surface area contributed by atoms with Crippen molar-refractivity contribution in [3.8, 4) is 0 Å². The molecular formula is C13H14N2O4. The maximum atomic E-state index is 12.0. The molecule has 0 bridgehead atoms. The van der Waals surface area contributed by atoms with Crippen molar-refractivity contribution in [1.29, 1.82) is 0 Å². The molecule has 2 aromatic rings.